The van der Waals surface area contributed by atoms with Gasteiger partial charge in [0, 0.05) is 38.3 Å². The number of aromatic nitrogens is 2. The van der Waals surface area contributed by atoms with E-state index in [1.807, 2.05) is 0 Å². The lowest BCUT2D eigenvalue weighted by Crippen LogP contribution is -2.15. The number of nitrogens with zero attached hydrogens (tertiary/aromatic N) is 2. The third kappa shape index (κ3) is 3.24. The first kappa shape index (κ1) is 24.8. The second-order valence-corrected chi connectivity index (χ2v) is 13.0. The summed E-state index contributed by atoms with van der Waals surface area (Å²) in [6, 6.07) is 53.8. The quantitative estimate of drug-likeness (QED) is 0.194. The molecule has 2 heterocycles. The molecule has 1 aliphatic carbocycles. The van der Waals surface area contributed by atoms with Gasteiger partial charge in [-0.25, -0.2) is 0 Å². The van der Waals surface area contributed by atoms with Gasteiger partial charge in [-0.05, 0) is 81.6 Å². The molecule has 7 aromatic carbocycles. The Morgan fingerprint density at radius 1 is 0.400 bits per heavy atom. The van der Waals surface area contributed by atoms with Gasteiger partial charge in [0.25, 0.3) is 0 Å². The Kier molecular flexibility index (Phi) is 4.82. The molecule has 2 aromatic heterocycles. The van der Waals surface area contributed by atoms with Crippen LogP contribution in [0, 0.1) is 0 Å². The number of hydrogen-bond donors (Lipinski definition) is 0. The van der Waals surface area contributed by atoms with E-state index < -0.39 is 0 Å². The van der Waals surface area contributed by atoms with Crippen molar-refractivity contribution < 1.29 is 0 Å². The molecule has 2 nitrogen and oxygen atoms in total. The van der Waals surface area contributed by atoms with E-state index in [-0.39, 0.29) is 5.41 Å². The minimum Gasteiger partial charge on any atom is -0.309 e. The fourth-order valence-electron chi connectivity index (χ4n) is 8.20. The topological polar surface area (TPSA) is 9.86 Å². The van der Waals surface area contributed by atoms with Crippen molar-refractivity contribution in [1.82, 2.24) is 9.13 Å². The van der Waals surface area contributed by atoms with Crippen LogP contribution >= 0.6 is 0 Å². The third-order valence-corrected chi connectivity index (χ3v) is 10.3. The second kappa shape index (κ2) is 8.74. The molecule has 0 spiro atoms. The van der Waals surface area contributed by atoms with Crippen molar-refractivity contribution in [2.24, 2.45) is 0 Å². The first-order valence-electron chi connectivity index (χ1n) is 15.8. The van der Waals surface area contributed by atoms with E-state index in [1.54, 1.807) is 0 Å². The smallest absolute Gasteiger partial charge is 0.0561 e. The van der Waals surface area contributed by atoms with Crippen LogP contribution in [-0.4, -0.2) is 9.13 Å². The molecular weight excluding hydrogens is 544 g/mol. The molecule has 2 heteroatoms. The Hall–Kier alpha value is -5.60. The first-order chi connectivity index (χ1) is 22.1. The van der Waals surface area contributed by atoms with Crippen LogP contribution in [0.5, 0.6) is 0 Å². The lowest BCUT2D eigenvalue weighted by molar-refractivity contribution is 0.661. The Labute approximate surface area is 261 Å². The van der Waals surface area contributed by atoms with Gasteiger partial charge in [0.2, 0.25) is 0 Å². The van der Waals surface area contributed by atoms with E-state index in [0.29, 0.717) is 0 Å². The number of fused-ring (bicyclic) bond motifs is 11. The molecule has 9 aromatic rings. The summed E-state index contributed by atoms with van der Waals surface area (Å²) in [5.74, 6) is 0. The van der Waals surface area contributed by atoms with Crippen molar-refractivity contribution in [3.05, 3.63) is 157 Å². The van der Waals surface area contributed by atoms with Crippen molar-refractivity contribution >= 4 is 54.4 Å². The highest BCUT2D eigenvalue weighted by atomic mass is 15.0. The van der Waals surface area contributed by atoms with E-state index in [2.05, 4.69) is 169 Å². The Bertz CT molecular complexity index is 2670. The number of rotatable bonds is 2. The van der Waals surface area contributed by atoms with Gasteiger partial charge in [0.1, 0.15) is 0 Å². The SMILES string of the molecule is CC1(C)c2cc3c(cc2-c2c1ccc1ccccc21)c1ccccc1n3-c1ccc2c3ccccc3n(-c3ccccc3)c2c1. The Balaban J connectivity index is 1.30. The molecule has 0 fully saturated rings. The molecule has 0 saturated heterocycles. The fourth-order valence-corrected chi connectivity index (χ4v) is 8.20. The molecule has 0 bridgehead atoms. The minimum atomic E-state index is -0.103. The summed E-state index contributed by atoms with van der Waals surface area (Å²) in [5, 5.41) is 7.75. The fraction of sp³-hybridized carbons (Fsp3) is 0.0698. The van der Waals surface area contributed by atoms with Crippen molar-refractivity contribution in [3.8, 4) is 22.5 Å². The number of para-hydroxylation sites is 3. The molecule has 0 radical (unpaired) electrons. The van der Waals surface area contributed by atoms with Crippen molar-refractivity contribution in [3.63, 3.8) is 0 Å². The summed E-state index contributed by atoms with van der Waals surface area (Å²) in [6.45, 7) is 4.77. The zero-order valence-electron chi connectivity index (χ0n) is 25.3. The maximum atomic E-state index is 2.48. The summed E-state index contributed by atoms with van der Waals surface area (Å²) < 4.78 is 4.89. The van der Waals surface area contributed by atoms with Crippen LogP contribution in [0.25, 0.3) is 76.9 Å². The molecule has 45 heavy (non-hydrogen) atoms. The molecule has 0 atom stereocenters. The molecule has 1 aliphatic rings. The van der Waals surface area contributed by atoms with E-state index in [9.17, 15) is 0 Å². The van der Waals surface area contributed by atoms with E-state index in [1.165, 1.54) is 88.0 Å². The van der Waals surface area contributed by atoms with Gasteiger partial charge >= 0.3 is 0 Å². The molecule has 0 N–H and O–H groups in total. The number of hydrogen-bond acceptors (Lipinski definition) is 0. The average molecular weight is 575 g/mol. The maximum absolute atomic E-state index is 2.48. The van der Waals surface area contributed by atoms with Crippen LogP contribution < -0.4 is 0 Å². The van der Waals surface area contributed by atoms with Crippen molar-refractivity contribution in [2.75, 3.05) is 0 Å². The zero-order chi connectivity index (χ0) is 29.9. The maximum Gasteiger partial charge on any atom is 0.0561 e. The van der Waals surface area contributed by atoms with E-state index in [0.717, 1.165) is 0 Å². The van der Waals surface area contributed by atoms with Crippen molar-refractivity contribution in [1.29, 1.82) is 0 Å². The molecule has 0 unspecified atom stereocenters. The molecule has 0 amide bonds. The first-order valence-corrected chi connectivity index (χ1v) is 15.8. The third-order valence-electron chi connectivity index (χ3n) is 10.3. The summed E-state index contributed by atoms with van der Waals surface area (Å²) >= 11 is 0. The molecule has 212 valence electrons. The Morgan fingerprint density at radius 3 is 1.78 bits per heavy atom. The predicted molar refractivity (Wildman–Crippen MR) is 190 cm³/mol. The van der Waals surface area contributed by atoms with Crippen LogP contribution in [-0.2, 0) is 5.41 Å². The van der Waals surface area contributed by atoms with Crippen LogP contribution in [0.2, 0.25) is 0 Å². The molecule has 10 rings (SSSR count). The summed E-state index contributed by atoms with van der Waals surface area (Å²) in [6.07, 6.45) is 0. The van der Waals surface area contributed by atoms with Crippen LogP contribution in [0.3, 0.4) is 0 Å². The van der Waals surface area contributed by atoms with Crippen LogP contribution in [0.15, 0.2) is 146 Å². The lowest BCUT2D eigenvalue weighted by atomic mass is 9.82. The van der Waals surface area contributed by atoms with Crippen molar-refractivity contribution in [2.45, 2.75) is 19.3 Å². The Morgan fingerprint density at radius 2 is 1.00 bits per heavy atom. The minimum absolute atomic E-state index is 0.103. The van der Waals surface area contributed by atoms with Gasteiger partial charge in [-0.3, -0.25) is 0 Å². The lowest BCUT2D eigenvalue weighted by Gasteiger charge is -2.22. The van der Waals surface area contributed by atoms with Gasteiger partial charge in [-0.2, -0.15) is 0 Å². The zero-order valence-corrected chi connectivity index (χ0v) is 25.3. The van der Waals surface area contributed by atoms with E-state index >= 15 is 0 Å². The normalized spacial score (nSPS) is 13.7. The largest absolute Gasteiger partial charge is 0.309 e. The monoisotopic (exact) mass is 574 g/mol. The van der Waals surface area contributed by atoms with Gasteiger partial charge in [0.15, 0.2) is 0 Å². The summed E-state index contributed by atoms with van der Waals surface area (Å²) in [4.78, 5) is 0. The summed E-state index contributed by atoms with van der Waals surface area (Å²) in [5.41, 5.74) is 12.7. The molecular formula is C43H30N2. The number of benzene rings is 7. The highest BCUT2D eigenvalue weighted by molar-refractivity contribution is 6.14. The molecule has 0 aliphatic heterocycles. The highest BCUT2D eigenvalue weighted by Crippen LogP contribution is 2.53. The van der Waals surface area contributed by atoms with Crippen LogP contribution in [0.1, 0.15) is 25.0 Å². The molecule has 0 saturated carbocycles. The second-order valence-electron chi connectivity index (χ2n) is 13.0. The van der Waals surface area contributed by atoms with Gasteiger partial charge in [-0.1, -0.05) is 111 Å². The van der Waals surface area contributed by atoms with Gasteiger partial charge in [-0.15, -0.1) is 0 Å². The van der Waals surface area contributed by atoms with Crippen LogP contribution in [0.4, 0.5) is 0 Å². The highest BCUT2D eigenvalue weighted by Gasteiger charge is 2.37. The summed E-state index contributed by atoms with van der Waals surface area (Å²) in [7, 11) is 0. The van der Waals surface area contributed by atoms with E-state index in [4.69, 9.17) is 0 Å². The standard InChI is InChI=1S/C43H30N2/c1-43(2)36-23-20-27-12-6-7-15-30(27)42(36)35-25-34-32-17-9-11-19-39(32)45(41(34)26-37(35)43)29-21-22-33-31-16-8-10-18-38(31)44(40(33)24-29)28-13-4-3-5-14-28/h3-26H,1-2H3. The van der Waals surface area contributed by atoms with Gasteiger partial charge < -0.3 is 9.13 Å². The van der Waals surface area contributed by atoms with Gasteiger partial charge in [0.05, 0.1) is 22.1 Å². The predicted octanol–water partition coefficient (Wildman–Crippen LogP) is 11.3. The average Bonchev–Trinajstić information content (AvgIpc) is 3.67.